The van der Waals surface area contributed by atoms with E-state index < -0.39 is 0 Å². The summed E-state index contributed by atoms with van der Waals surface area (Å²) in [5.74, 6) is -0.195. The third kappa shape index (κ3) is 4.13. The number of benzene rings is 1. The Morgan fingerprint density at radius 1 is 1.14 bits per heavy atom. The number of rotatable bonds is 4. The highest BCUT2D eigenvalue weighted by molar-refractivity contribution is 5.48. The second kappa shape index (κ2) is 7.16. The molecule has 0 spiro atoms. The van der Waals surface area contributed by atoms with Gasteiger partial charge in [0.05, 0.1) is 18.8 Å². The van der Waals surface area contributed by atoms with Crippen molar-refractivity contribution >= 4 is 6.08 Å². The van der Waals surface area contributed by atoms with Crippen LogP contribution in [0.5, 0.6) is 0 Å². The van der Waals surface area contributed by atoms with Crippen LogP contribution in [0.1, 0.15) is 18.4 Å². The molecule has 0 saturated carbocycles. The molecule has 0 aromatic heterocycles. The van der Waals surface area contributed by atoms with Crippen molar-refractivity contribution in [2.45, 2.75) is 25.0 Å². The maximum absolute atomic E-state index is 12.8. The number of ether oxygens (including phenoxy) is 2. The van der Waals surface area contributed by atoms with E-state index in [1.165, 1.54) is 12.1 Å². The first-order chi connectivity index (χ1) is 10.3. The zero-order valence-electron chi connectivity index (χ0n) is 12.2. The highest BCUT2D eigenvalue weighted by Gasteiger charge is 2.30. The maximum atomic E-state index is 12.8. The molecule has 3 nitrogen and oxygen atoms in total. The molecular weight excluding hydrogens is 269 g/mol. The van der Waals surface area contributed by atoms with Crippen molar-refractivity contribution in [1.82, 2.24) is 4.90 Å². The average Bonchev–Trinajstić information content (AvgIpc) is 3.04. The molecule has 0 aliphatic carbocycles. The SMILES string of the molecule is Fc1ccc(/C=C/CN2CCO[C@H]([C@H]3CCCO3)C2)cc1. The minimum absolute atomic E-state index is 0.195. The molecule has 2 heterocycles. The lowest BCUT2D eigenvalue weighted by Gasteiger charge is -2.34. The molecule has 114 valence electrons. The van der Waals surface area contributed by atoms with Gasteiger partial charge < -0.3 is 9.47 Å². The lowest BCUT2D eigenvalue weighted by molar-refractivity contribution is -0.0920. The van der Waals surface area contributed by atoms with Crippen LogP contribution in [0.4, 0.5) is 4.39 Å². The molecular formula is C17H22FNO2. The Bertz CT molecular complexity index is 468. The molecule has 2 saturated heterocycles. The largest absolute Gasteiger partial charge is 0.375 e. The Morgan fingerprint density at radius 2 is 1.95 bits per heavy atom. The van der Waals surface area contributed by atoms with Crippen LogP contribution in [-0.2, 0) is 9.47 Å². The van der Waals surface area contributed by atoms with Crippen molar-refractivity contribution in [1.29, 1.82) is 0 Å². The second-order valence-electron chi connectivity index (χ2n) is 5.67. The Hall–Kier alpha value is -1.23. The first kappa shape index (κ1) is 14.7. The van der Waals surface area contributed by atoms with Gasteiger partial charge in [-0.15, -0.1) is 0 Å². The van der Waals surface area contributed by atoms with Gasteiger partial charge in [-0.25, -0.2) is 4.39 Å². The summed E-state index contributed by atoms with van der Waals surface area (Å²) in [6.45, 7) is 4.42. The fraction of sp³-hybridized carbons (Fsp3) is 0.529. The summed E-state index contributed by atoms with van der Waals surface area (Å²) < 4.78 is 24.4. The zero-order valence-corrected chi connectivity index (χ0v) is 12.2. The normalized spacial score (nSPS) is 27.5. The van der Waals surface area contributed by atoms with Crippen molar-refractivity contribution in [2.75, 3.05) is 32.8 Å². The van der Waals surface area contributed by atoms with E-state index in [1.54, 1.807) is 12.1 Å². The van der Waals surface area contributed by atoms with Gasteiger partial charge in [0.1, 0.15) is 5.82 Å². The average molecular weight is 291 g/mol. The number of morpholine rings is 1. The fourth-order valence-corrected chi connectivity index (χ4v) is 2.93. The van der Waals surface area contributed by atoms with Crippen LogP contribution in [0, 0.1) is 5.82 Å². The molecule has 1 aromatic rings. The summed E-state index contributed by atoms with van der Waals surface area (Å²) in [6, 6.07) is 6.56. The van der Waals surface area contributed by atoms with Crippen molar-refractivity contribution in [3.63, 3.8) is 0 Å². The van der Waals surface area contributed by atoms with Crippen LogP contribution in [0.25, 0.3) is 6.08 Å². The minimum Gasteiger partial charge on any atom is -0.375 e. The third-order valence-electron chi connectivity index (χ3n) is 4.10. The summed E-state index contributed by atoms with van der Waals surface area (Å²) in [6.07, 6.45) is 6.91. The highest BCUT2D eigenvalue weighted by Crippen LogP contribution is 2.20. The molecule has 2 aliphatic heterocycles. The van der Waals surface area contributed by atoms with Crippen molar-refractivity contribution in [3.05, 3.63) is 41.7 Å². The molecule has 0 bridgehead atoms. The van der Waals surface area contributed by atoms with Crippen molar-refractivity contribution in [2.24, 2.45) is 0 Å². The summed E-state index contributed by atoms with van der Waals surface area (Å²) in [7, 11) is 0. The van der Waals surface area contributed by atoms with E-state index in [0.29, 0.717) is 0 Å². The number of nitrogens with zero attached hydrogens (tertiary/aromatic N) is 1. The van der Waals surface area contributed by atoms with E-state index in [-0.39, 0.29) is 18.0 Å². The van der Waals surface area contributed by atoms with Gasteiger partial charge in [0.25, 0.3) is 0 Å². The van der Waals surface area contributed by atoms with Crippen molar-refractivity contribution in [3.8, 4) is 0 Å². The van der Waals surface area contributed by atoms with Crippen LogP contribution in [0.3, 0.4) is 0 Å². The van der Waals surface area contributed by atoms with Crippen LogP contribution in [-0.4, -0.2) is 50.0 Å². The molecule has 3 rings (SSSR count). The first-order valence-electron chi connectivity index (χ1n) is 7.69. The fourth-order valence-electron chi connectivity index (χ4n) is 2.93. The van der Waals surface area contributed by atoms with Gasteiger partial charge in [0.15, 0.2) is 0 Å². The molecule has 0 N–H and O–H groups in total. The molecule has 21 heavy (non-hydrogen) atoms. The number of hydrogen-bond acceptors (Lipinski definition) is 3. The Kier molecular flexibility index (Phi) is 5.01. The predicted octanol–water partition coefficient (Wildman–Crippen LogP) is 2.72. The highest BCUT2D eigenvalue weighted by atomic mass is 19.1. The van der Waals surface area contributed by atoms with E-state index in [1.807, 2.05) is 6.08 Å². The monoisotopic (exact) mass is 291 g/mol. The van der Waals surface area contributed by atoms with Gasteiger partial charge in [-0.1, -0.05) is 24.3 Å². The summed E-state index contributed by atoms with van der Waals surface area (Å²) in [4.78, 5) is 2.38. The molecule has 2 atom stereocenters. The quantitative estimate of drug-likeness (QED) is 0.851. The van der Waals surface area contributed by atoms with Crippen LogP contribution >= 0.6 is 0 Å². The maximum Gasteiger partial charge on any atom is 0.123 e. The van der Waals surface area contributed by atoms with Gasteiger partial charge >= 0.3 is 0 Å². The van der Waals surface area contributed by atoms with E-state index >= 15 is 0 Å². The van der Waals surface area contributed by atoms with Crippen LogP contribution in [0.15, 0.2) is 30.3 Å². The summed E-state index contributed by atoms with van der Waals surface area (Å²) in [5.41, 5.74) is 1.03. The molecule has 0 unspecified atom stereocenters. The summed E-state index contributed by atoms with van der Waals surface area (Å²) >= 11 is 0. The van der Waals surface area contributed by atoms with Gasteiger partial charge in [-0.05, 0) is 30.5 Å². The van der Waals surface area contributed by atoms with Crippen molar-refractivity contribution < 1.29 is 13.9 Å². The standard InChI is InChI=1S/C17H22FNO2/c18-15-7-5-14(6-8-15)3-1-9-19-10-12-21-17(13-19)16-4-2-11-20-16/h1,3,5-8,16-17H,2,4,9-13H2/b3-1+/t16-,17+/m1/s1. The summed E-state index contributed by atoms with van der Waals surface area (Å²) in [5, 5.41) is 0. The number of halogens is 1. The Balaban J connectivity index is 1.49. The third-order valence-corrected chi connectivity index (χ3v) is 4.10. The Labute approximate surface area is 125 Å². The topological polar surface area (TPSA) is 21.7 Å². The van der Waals surface area contributed by atoms with Gasteiger partial charge in [0.2, 0.25) is 0 Å². The van der Waals surface area contributed by atoms with Gasteiger partial charge in [-0.2, -0.15) is 0 Å². The molecule has 2 aliphatic rings. The second-order valence-corrected chi connectivity index (χ2v) is 5.67. The molecule has 0 amide bonds. The van der Waals surface area contributed by atoms with E-state index in [0.717, 1.165) is 51.3 Å². The minimum atomic E-state index is -0.195. The van der Waals surface area contributed by atoms with Crippen LogP contribution < -0.4 is 0 Å². The lowest BCUT2D eigenvalue weighted by atomic mass is 10.1. The predicted molar refractivity (Wildman–Crippen MR) is 80.6 cm³/mol. The van der Waals surface area contributed by atoms with E-state index in [9.17, 15) is 4.39 Å². The Morgan fingerprint density at radius 3 is 2.71 bits per heavy atom. The lowest BCUT2D eigenvalue weighted by Crippen LogP contribution is -2.47. The first-order valence-corrected chi connectivity index (χ1v) is 7.69. The smallest absolute Gasteiger partial charge is 0.123 e. The molecule has 0 radical (unpaired) electrons. The van der Waals surface area contributed by atoms with Gasteiger partial charge in [0, 0.05) is 26.2 Å². The number of hydrogen-bond donors (Lipinski definition) is 0. The van der Waals surface area contributed by atoms with Gasteiger partial charge in [-0.3, -0.25) is 4.90 Å². The van der Waals surface area contributed by atoms with Crippen LogP contribution in [0.2, 0.25) is 0 Å². The molecule has 1 aromatic carbocycles. The zero-order chi connectivity index (χ0) is 14.5. The molecule has 2 fully saturated rings. The van der Waals surface area contributed by atoms with E-state index in [2.05, 4.69) is 11.0 Å². The molecule has 4 heteroatoms. The van der Waals surface area contributed by atoms with E-state index in [4.69, 9.17) is 9.47 Å².